The van der Waals surface area contributed by atoms with Gasteiger partial charge >= 0.3 is 6.36 Å². The molecular formula is C11H14BrF3N2O2. The van der Waals surface area contributed by atoms with Crippen molar-refractivity contribution in [1.29, 1.82) is 0 Å². The molecule has 0 N–H and O–H groups in total. The molecule has 0 saturated heterocycles. The van der Waals surface area contributed by atoms with Crippen LogP contribution in [-0.4, -0.2) is 31.0 Å². The van der Waals surface area contributed by atoms with Gasteiger partial charge in [-0.25, -0.2) is 0 Å². The van der Waals surface area contributed by atoms with Crippen LogP contribution in [0.2, 0.25) is 0 Å². The number of allylic oxidation sites excluding steroid dienone is 2. The predicted octanol–water partition coefficient (Wildman–Crippen LogP) is 3.80. The number of rotatable bonds is 7. The Balaban J connectivity index is 4.11. The Labute approximate surface area is 117 Å². The van der Waals surface area contributed by atoms with E-state index in [2.05, 4.69) is 37.4 Å². The van der Waals surface area contributed by atoms with Gasteiger partial charge in [-0.1, -0.05) is 17.8 Å². The van der Waals surface area contributed by atoms with Crippen molar-refractivity contribution < 1.29 is 22.7 Å². The number of ether oxygens (including phenoxy) is 1. The maximum absolute atomic E-state index is 11.7. The van der Waals surface area contributed by atoms with Crippen LogP contribution in [-0.2, 0) is 9.57 Å². The molecule has 0 amide bonds. The van der Waals surface area contributed by atoms with E-state index in [4.69, 9.17) is 4.84 Å². The molecule has 0 rings (SSSR count). The second kappa shape index (κ2) is 8.87. The quantitative estimate of drug-likeness (QED) is 0.401. The molecular weight excluding hydrogens is 329 g/mol. The van der Waals surface area contributed by atoms with E-state index >= 15 is 0 Å². The van der Waals surface area contributed by atoms with Gasteiger partial charge in [0.2, 0.25) is 0 Å². The molecule has 8 heteroatoms. The van der Waals surface area contributed by atoms with Crippen molar-refractivity contribution in [3.05, 3.63) is 23.3 Å². The second-order valence-electron chi connectivity index (χ2n) is 3.40. The summed E-state index contributed by atoms with van der Waals surface area (Å²) in [4.78, 5) is 8.73. The van der Waals surface area contributed by atoms with Gasteiger partial charge in [-0.15, -0.1) is 13.2 Å². The Morgan fingerprint density at radius 3 is 2.63 bits per heavy atom. The third-order valence-electron chi connectivity index (χ3n) is 1.55. The fourth-order valence-corrected chi connectivity index (χ4v) is 0.805. The maximum atomic E-state index is 11.7. The highest BCUT2D eigenvalue weighted by molar-refractivity contribution is 9.11. The molecule has 0 aromatic heterocycles. The lowest BCUT2D eigenvalue weighted by atomic mass is 10.4. The van der Waals surface area contributed by atoms with Gasteiger partial charge in [0.15, 0.2) is 0 Å². The van der Waals surface area contributed by atoms with E-state index in [0.29, 0.717) is 10.2 Å². The lowest BCUT2D eigenvalue weighted by molar-refractivity contribution is -0.331. The van der Waals surface area contributed by atoms with Crippen molar-refractivity contribution in [2.75, 3.05) is 6.61 Å². The van der Waals surface area contributed by atoms with Gasteiger partial charge < -0.3 is 4.84 Å². The minimum atomic E-state index is -4.67. The number of hydrogen-bond acceptors (Lipinski definition) is 4. The summed E-state index contributed by atoms with van der Waals surface area (Å²) in [5.74, 6) is 0. The summed E-state index contributed by atoms with van der Waals surface area (Å²) < 4.78 is 39.4. The maximum Gasteiger partial charge on any atom is 0.522 e. The molecule has 0 spiro atoms. The largest absolute Gasteiger partial charge is 0.522 e. The van der Waals surface area contributed by atoms with Gasteiger partial charge in [-0.2, -0.15) is 0 Å². The number of nitrogens with zero attached hydrogens (tertiary/aromatic N) is 2. The summed E-state index contributed by atoms with van der Waals surface area (Å²) in [5.41, 5.74) is 0.516. The lowest BCUT2D eigenvalue weighted by Gasteiger charge is -2.11. The van der Waals surface area contributed by atoms with Crippen molar-refractivity contribution in [2.24, 2.45) is 10.1 Å². The van der Waals surface area contributed by atoms with Crippen LogP contribution in [0, 0.1) is 0 Å². The second-order valence-corrected chi connectivity index (χ2v) is 4.31. The first-order valence-electron chi connectivity index (χ1n) is 5.17. The molecule has 4 nitrogen and oxygen atoms in total. The minimum Gasteiger partial charge on any atom is -0.390 e. The number of halogens is 4. The minimum absolute atomic E-state index is 0.516. The van der Waals surface area contributed by atoms with Gasteiger partial charge in [0.1, 0.15) is 6.10 Å². The Bertz CT molecular complexity index is 379. The van der Waals surface area contributed by atoms with E-state index in [-0.39, 0.29) is 0 Å². The summed E-state index contributed by atoms with van der Waals surface area (Å²) in [5, 5.41) is 3.50. The third kappa shape index (κ3) is 11.7. The number of hydrogen-bond donors (Lipinski definition) is 0. The van der Waals surface area contributed by atoms with Crippen LogP contribution in [0.3, 0.4) is 0 Å². The topological polar surface area (TPSA) is 43.2 Å². The Morgan fingerprint density at radius 2 is 2.11 bits per heavy atom. The molecule has 108 valence electrons. The summed E-state index contributed by atoms with van der Waals surface area (Å²) in [7, 11) is 0. The predicted molar refractivity (Wildman–Crippen MR) is 71.4 cm³/mol. The van der Waals surface area contributed by atoms with Crippen molar-refractivity contribution in [1.82, 2.24) is 0 Å². The first-order chi connectivity index (χ1) is 8.74. The standard InChI is InChI=1S/C11H14BrF3N2O2/c1-4-10(12)6-16-8(2)5-17-19-9(3)7-18-11(13,14)15/h4-6,9H,1,7H2,2-3H3/b10-6+,16-8+,17-5+. The average molecular weight is 343 g/mol. The Kier molecular flexibility index (Phi) is 8.33. The monoisotopic (exact) mass is 342 g/mol. The summed E-state index contributed by atoms with van der Waals surface area (Å²) in [6.45, 7) is 5.95. The molecule has 0 saturated carbocycles. The highest BCUT2D eigenvalue weighted by atomic mass is 79.9. The number of alkyl halides is 3. The normalized spacial score (nSPS) is 15.7. The highest BCUT2D eigenvalue weighted by Gasteiger charge is 2.30. The molecule has 1 atom stereocenters. The number of oxime groups is 1. The first-order valence-corrected chi connectivity index (χ1v) is 5.96. The zero-order valence-electron chi connectivity index (χ0n) is 10.4. The fraction of sp³-hybridized carbons (Fsp3) is 0.455. The molecule has 0 bridgehead atoms. The van der Waals surface area contributed by atoms with E-state index in [9.17, 15) is 13.2 Å². The molecule has 0 fully saturated rings. The molecule has 0 heterocycles. The molecule has 0 aromatic carbocycles. The highest BCUT2D eigenvalue weighted by Crippen LogP contribution is 2.16. The van der Waals surface area contributed by atoms with Crippen LogP contribution in [0.15, 0.2) is 33.5 Å². The van der Waals surface area contributed by atoms with Crippen LogP contribution < -0.4 is 0 Å². The molecule has 0 aromatic rings. The molecule has 0 aliphatic carbocycles. The van der Waals surface area contributed by atoms with Crippen molar-refractivity contribution in [3.8, 4) is 0 Å². The van der Waals surface area contributed by atoms with E-state index in [1.54, 1.807) is 13.0 Å². The first kappa shape index (κ1) is 17.8. The molecule has 1 unspecified atom stereocenters. The van der Waals surface area contributed by atoms with Gasteiger partial charge in [0.25, 0.3) is 0 Å². The van der Waals surface area contributed by atoms with Crippen molar-refractivity contribution in [3.63, 3.8) is 0 Å². The molecule has 0 radical (unpaired) electrons. The fourth-order valence-electron chi connectivity index (χ4n) is 0.702. The summed E-state index contributed by atoms with van der Waals surface area (Å²) >= 11 is 3.17. The van der Waals surface area contributed by atoms with Crippen LogP contribution in [0.5, 0.6) is 0 Å². The molecule has 0 aliphatic heterocycles. The van der Waals surface area contributed by atoms with Gasteiger partial charge in [0, 0.05) is 10.7 Å². The smallest absolute Gasteiger partial charge is 0.390 e. The molecule has 0 aliphatic rings. The Morgan fingerprint density at radius 1 is 1.47 bits per heavy atom. The SMILES string of the molecule is C=C\C(Br)=C/N=C(C)/C=N/OC(C)COC(F)(F)F. The van der Waals surface area contributed by atoms with Crippen LogP contribution in [0.1, 0.15) is 13.8 Å². The summed E-state index contributed by atoms with van der Waals surface area (Å²) in [6.07, 6.45) is -1.14. The van der Waals surface area contributed by atoms with Gasteiger partial charge in [-0.3, -0.25) is 9.73 Å². The van der Waals surface area contributed by atoms with Crippen LogP contribution >= 0.6 is 15.9 Å². The van der Waals surface area contributed by atoms with E-state index in [0.717, 1.165) is 0 Å². The van der Waals surface area contributed by atoms with Crippen molar-refractivity contribution >= 4 is 27.9 Å². The van der Waals surface area contributed by atoms with Crippen LogP contribution in [0.4, 0.5) is 13.2 Å². The van der Waals surface area contributed by atoms with E-state index < -0.39 is 19.1 Å². The third-order valence-corrected chi connectivity index (χ3v) is 2.08. The average Bonchev–Trinajstić information content (AvgIpc) is 2.32. The van der Waals surface area contributed by atoms with Crippen molar-refractivity contribution in [2.45, 2.75) is 26.3 Å². The lowest BCUT2D eigenvalue weighted by Crippen LogP contribution is -2.22. The van der Waals surface area contributed by atoms with E-state index in [1.165, 1.54) is 19.3 Å². The van der Waals surface area contributed by atoms with Crippen LogP contribution in [0.25, 0.3) is 0 Å². The van der Waals surface area contributed by atoms with E-state index in [1.807, 2.05) is 0 Å². The van der Waals surface area contributed by atoms with Gasteiger partial charge in [0.05, 0.1) is 18.5 Å². The Hall–Kier alpha value is -1.15. The summed E-state index contributed by atoms with van der Waals surface area (Å²) in [6, 6.07) is 0. The molecule has 19 heavy (non-hydrogen) atoms. The zero-order chi connectivity index (χ0) is 14.9. The zero-order valence-corrected chi connectivity index (χ0v) is 12.0. The van der Waals surface area contributed by atoms with Gasteiger partial charge in [-0.05, 0) is 29.8 Å². The number of aliphatic imine (C=N–C) groups is 1.